The van der Waals surface area contributed by atoms with E-state index in [1.807, 2.05) is 0 Å². The molecule has 1 aliphatic rings. The molecule has 1 aliphatic carbocycles. The van der Waals surface area contributed by atoms with Gasteiger partial charge in [0.25, 0.3) is 0 Å². The van der Waals surface area contributed by atoms with E-state index in [-0.39, 0.29) is 5.60 Å². The minimum Gasteiger partial charge on any atom is -0.390 e. The molecule has 0 unspecified atom stereocenters. The Balaban J connectivity index is 2.05. The molecule has 0 atom stereocenters. The lowest BCUT2D eigenvalue weighted by atomic mass is 9.76. The van der Waals surface area contributed by atoms with Crippen LogP contribution < -0.4 is 0 Å². The fourth-order valence-electron chi connectivity index (χ4n) is 1.74. The summed E-state index contributed by atoms with van der Waals surface area (Å²) in [6.45, 7) is 0. The standard InChI is InChI=1S/C11H13IO/c12-10-4-2-9(3-5-10)8-11(13)6-1-7-11/h2-5,13H,1,6-8H2. The molecule has 1 nitrogen and oxygen atoms in total. The van der Waals surface area contributed by atoms with Crippen LogP contribution in [0, 0.1) is 3.57 Å². The second-order valence-corrected chi connectivity index (χ2v) is 5.13. The van der Waals surface area contributed by atoms with Crippen molar-refractivity contribution in [2.75, 3.05) is 0 Å². The summed E-state index contributed by atoms with van der Waals surface area (Å²) in [4.78, 5) is 0. The molecule has 0 amide bonds. The van der Waals surface area contributed by atoms with Crippen molar-refractivity contribution in [1.29, 1.82) is 0 Å². The monoisotopic (exact) mass is 288 g/mol. The van der Waals surface area contributed by atoms with E-state index >= 15 is 0 Å². The van der Waals surface area contributed by atoms with Gasteiger partial charge in [0, 0.05) is 9.99 Å². The molecule has 1 N–H and O–H groups in total. The summed E-state index contributed by atoms with van der Waals surface area (Å²) in [6.07, 6.45) is 3.95. The van der Waals surface area contributed by atoms with Crippen molar-refractivity contribution in [2.45, 2.75) is 31.3 Å². The molecule has 0 aliphatic heterocycles. The minimum atomic E-state index is -0.382. The smallest absolute Gasteiger partial charge is 0.0688 e. The first-order valence-corrected chi connectivity index (χ1v) is 5.73. The van der Waals surface area contributed by atoms with Gasteiger partial charge in [0.15, 0.2) is 0 Å². The molecule has 2 rings (SSSR count). The van der Waals surface area contributed by atoms with E-state index in [1.165, 1.54) is 15.6 Å². The van der Waals surface area contributed by atoms with Crippen molar-refractivity contribution in [3.8, 4) is 0 Å². The van der Waals surface area contributed by atoms with Gasteiger partial charge in [0.2, 0.25) is 0 Å². The Bertz CT molecular complexity index is 287. The lowest BCUT2D eigenvalue weighted by Crippen LogP contribution is -2.38. The molecule has 1 saturated carbocycles. The topological polar surface area (TPSA) is 20.2 Å². The van der Waals surface area contributed by atoms with E-state index in [4.69, 9.17) is 0 Å². The van der Waals surface area contributed by atoms with Gasteiger partial charge in [0.05, 0.1) is 5.60 Å². The zero-order chi connectivity index (χ0) is 9.31. The van der Waals surface area contributed by atoms with Crippen LogP contribution in [-0.2, 0) is 6.42 Å². The van der Waals surface area contributed by atoms with E-state index in [2.05, 4.69) is 46.9 Å². The maximum atomic E-state index is 9.93. The second-order valence-electron chi connectivity index (χ2n) is 3.88. The Morgan fingerprint density at radius 3 is 2.31 bits per heavy atom. The van der Waals surface area contributed by atoms with Crippen molar-refractivity contribution in [3.63, 3.8) is 0 Å². The Kier molecular flexibility index (Phi) is 2.60. The summed E-state index contributed by atoms with van der Waals surface area (Å²) in [5, 5.41) is 9.93. The van der Waals surface area contributed by atoms with Crippen LogP contribution in [0.2, 0.25) is 0 Å². The fourth-order valence-corrected chi connectivity index (χ4v) is 2.10. The van der Waals surface area contributed by atoms with Gasteiger partial charge in [-0.2, -0.15) is 0 Å². The van der Waals surface area contributed by atoms with E-state index in [1.54, 1.807) is 0 Å². The van der Waals surface area contributed by atoms with Crippen LogP contribution in [0.5, 0.6) is 0 Å². The first-order chi connectivity index (χ1) is 6.18. The maximum Gasteiger partial charge on any atom is 0.0688 e. The molecule has 13 heavy (non-hydrogen) atoms. The lowest BCUT2D eigenvalue weighted by molar-refractivity contribution is -0.0322. The average molecular weight is 288 g/mol. The molecule has 2 heteroatoms. The molecule has 0 spiro atoms. The van der Waals surface area contributed by atoms with Crippen molar-refractivity contribution >= 4 is 22.6 Å². The minimum absolute atomic E-state index is 0.382. The van der Waals surface area contributed by atoms with E-state index in [0.717, 1.165) is 19.3 Å². The van der Waals surface area contributed by atoms with Gasteiger partial charge in [-0.25, -0.2) is 0 Å². The van der Waals surface area contributed by atoms with Crippen molar-refractivity contribution < 1.29 is 5.11 Å². The zero-order valence-corrected chi connectivity index (χ0v) is 9.62. The summed E-state index contributed by atoms with van der Waals surface area (Å²) in [5.74, 6) is 0. The van der Waals surface area contributed by atoms with Crippen LogP contribution >= 0.6 is 22.6 Å². The summed E-state index contributed by atoms with van der Waals surface area (Å²) in [6, 6.07) is 8.41. The highest BCUT2D eigenvalue weighted by Gasteiger charge is 2.34. The molecule has 1 aromatic rings. The van der Waals surface area contributed by atoms with Gasteiger partial charge in [-0.1, -0.05) is 12.1 Å². The third-order valence-corrected chi connectivity index (χ3v) is 3.45. The molecule has 0 heterocycles. The highest BCUT2D eigenvalue weighted by Crippen LogP contribution is 2.34. The molecule has 0 saturated heterocycles. The Hall–Kier alpha value is -0.0900. The second kappa shape index (κ2) is 3.58. The summed E-state index contributed by atoms with van der Waals surface area (Å²) in [7, 11) is 0. The summed E-state index contributed by atoms with van der Waals surface area (Å²) >= 11 is 2.29. The molecule has 0 bridgehead atoms. The molecular weight excluding hydrogens is 275 g/mol. The van der Waals surface area contributed by atoms with Crippen molar-refractivity contribution in [2.24, 2.45) is 0 Å². The van der Waals surface area contributed by atoms with Crippen molar-refractivity contribution in [3.05, 3.63) is 33.4 Å². The van der Waals surface area contributed by atoms with Crippen LogP contribution in [0.15, 0.2) is 24.3 Å². The summed E-state index contributed by atoms with van der Waals surface area (Å²) in [5.41, 5.74) is 0.870. The number of benzene rings is 1. The van der Waals surface area contributed by atoms with Gasteiger partial charge in [-0.15, -0.1) is 0 Å². The molecule has 0 aromatic heterocycles. The zero-order valence-electron chi connectivity index (χ0n) is 7.46. The average Bonchev–Trinajstić information content (AvgIpc) is 2.06. The number of rotatable bonds is 2. The van der Waals surface area contributed by atoms with Crippen LogP contribution in [0.1, 0.15) is 24.8 Å². The fraction of sp³-hybridized carbons (Fsp3) is 0.455. The number of halogens is 1. The third kappa shape index (κ3) is 2.23. The van der Waals surface area contributed by atoms with E-state index < -0.39 is 0 Å². The molecular formula is C11H13IO. The SMILES string of the molecule is OC1(Cc2ccc(I)cc2)CCC1. The quantitative estimate of drug-likeness (QED) is 0.830. The molecule has 1 aromatic carbocycles. The van der Waals surface area contributed by atoms with Gasteiger partial charge >= 0.3 is 0 Å². The Morgan fingerprint density at radius 1 is 1.23 bits per heavy atom. The van der Waals surface area contributed by atoms with Crippen LogP contribution in [0.4, 0.5) is 0 Å². The van der Waals surface area contributed by atoms with Crippen LogP contribution in [0.25, 0.3) is 0 Å². The van der Waals surface area contributed by atoms with Gasteiger partial charge in [0.1, 0.15) is 0 Å². The number of hydrogen-bond donors (Lipinski definition) is 1. The van der Waals surface area contributed by atoms with Crippen molar-refractivity contribution in [1.82, 2.24) is 0 Å². The van der Waals surface area contributed by atoms with Gasteiger partial charge < -0.3 is 5.11 Å². The van der Waals surface area contributed by atoms with Gasteiger partial charge in [-0.05, 0) is 59.5 Å². The largest absolute Gasteiger partial charge is 0.390 e. The lowest BCUT2D eigenvalue weighted by Gasteiger charge is -2.36. The first-order valence-electron chi connectivity index (χ1n) is 4.65. The number of aliphatic hydroxyl groups is 1. The predicted molar refractivity (Wildman–Crippen MR) is 61.7 cm³/mol. The highest BCUT2D eigenvalue weighted by atomic mass is 127. The van der Waals surface area contributed by atoms with Crippen LogP contribution in [0.3, 0.4) is 0 Å². The summed E-state index contributed by atoms with van der Waals surface area (Å²) < 4.78 is 1.25. The van der Waals surface area contributed by atoms with Crippen LogP contribution in [-0.4, -0.2) is 10.7 Å². The first kappa shape index (κ1) is 9.46. The molecule has 0 radical (unpaired) electrons. The Morgan fingerprint density at radius 2 is 1.85 bits per heavy atom. The highest BCUT2D eigenvalue weighted by molar-refractivity contribution is 14.1. The third-order valence-electron chi connectivity index (χ3n) is 2.73. The van der Waals surface area contributed by atoms with E-state index in [0.29, 0.717) is 0 Å². The normalized spacial score (nSPS) is 19.5. The maximum absolute atomic E-state index is 9.93. The van der Waals surface area contributed by atoms with Gasteiger partial charge in [-0.3, -0.25) is 0 Å². The number of hydrogen-bond acceptors (Lipinski definition) is 1. The predicted octanol–water partition coefficient (Wildman–Crippen LogP) is 2.75. The molecule has 70 valence electrons. The van der Waals surface area contributed by atoms with E-state index in [9.17, 15) is 5.11 Å². The Labute approximate surface area is 92.3 Å². The molecule has 1 fully saturated rings.